The molecule has 0 fully saturated rings. The van der Waals surface area contributed by atoms with Gasteiger partial charge in [-0.2, -0.15) is 0 Å². The van der Waals surface area contributed by atoms with Gasteiger partial charge in [-0.3, -0.25) is 0 Å². The maximum Gasteiger partial charge on any atom is 0.271 e. The number of hydrogen-bond acceptors (Lipinski definition) is 3. The maximum atomic E-state index is 5.96. The highest BCUT2D eigenvalue weighted by atomic mass is 127. The third kappa shape index (κ3) is 3.74. The predicted molar refractivity (Wildman–Crippen MR) is 86.4 cm³/mol. The number of aryl methyl sites for hydroxylation is 2. The molecule has 124 valence electrons. The van der Waals surface area contributed by atoms with Gasteiger partial charge in [-0.15, -0.1) is 0 Å². The zero-order chi connectivity index (χ0) is 15.4. The molecule has 0 radical (unpaired) electrons. The first kappa shape index (κ1) is 19.7. The first-order chi connectivity index (χ1) is 10.2. The van der Waals surface area contributed by atoms with E-state index >= 15 is 0 Å². The van der Waals surface area contributed by atoms with Gasteiger partial charge in [0, 0.05) is 17.6 Å². The number of benzene rings is 1. The van der Waals surface area contributed by atoms with Gasteiger partial charge in [0.25, 0.3) is 5.82 Å². The van der Waals surface area contributed by atoms with Crippen LogP contribution < -0.4 is 39.0 Å². The summed E-state index contributed by atoms with van der Waals surface area (Å²) in [6, 6.07) is 4.12. The summed E-state index contributed by atoms with van der Waals surface area (Å²) in [7, 11) is 1.67. The quantitative estimate of drug-likeness (QED) is 0.319. The van der Waals surface area contributed by atoms with Crippen LogP contribution in [0.4, 0.5) is 0 Å². The number of rotatable bonds is 7. The second-order valence-corrected chi connectivity index (χ2v) is 5.64. The van der Waals surface area contributed by atoms with E-state index in [1.165, 1.54) is 0 Å². The Bertz CT molecular complexity index is 631. The summed E-state index contributed by atoms with van der Waals surface area (Å²) in [5, 5.41) is 0. The van der Waals surface area contributed by atoms with Crippen LogP contribution in [0, 0.1) is 0 Å². The van der Waals surface area contributed by atoms with E-state index in [0.29, 0.717) is 19.8 Å². The summed E-state index contributed by atoms with van der Waals surface area (Å²) >= 11 is 3.57. The minimum absolute atomic E-state index is 0. The molecule has 0 bridgehead atoms. The highest BCUT2D eigenvalue weighted by Crippen LogP contribution is 2.29. The number of imidazole rings is 1. The Labute approximate surface area is 156 Å². The van der Waals surface area contributed by atoms with Gasteiger partial charge in [0.2, 0.25) is 5.52 Å². The average molecular weight is 484 g/mol. The number of nitrogens with two attached hydrogens (primary N) is 1. The van der Waals surface area contributed by atoms with Crippen LogP contribution in [0.15, 0.2) is 16.6 Å². The van der Waals surface area contributed by atoms with E-state index in [1.807, 2.05) is 6.07 Å². The van der Waals surface area contributed by atoms with Crippen LogP contribution >= 0.6 is 15.9 Å². The Morgan fingerprint density at radius 3 is 2.55 bits per heavy atom. The molecule has 22 heavy (non-hydrogen) atoms. The first-order valence-electron chi connectivity index (χ1n) is 7.24. The number of fused-ring (bicyclic) bond motifs is 1. The van der Waals surface area contributed by atoms with E-state index in [1.54, 1.807) is 7.11 Å². The van der Waals surface area contributed by atoms with Crippen LogP contribution in [0.5, 0.6) is 5.75 Å². The lowest BCUT2D eigenvalue weighted by molar-refractivity contribution is -0.676. The van der Waals surface area contributed by atoms with Crippen molar-refractivity contribution in [2.24, 2.45) is 5.73 Å². The van der Waals surface area contributed by atoms with Gasteiger partial charge in [-0.1, -0.05) is 15.9 Å². The fourth-order valence-corrected chi connectivity index (χ4v) is 3.13. The minimum Gasteiger partial charge on any atom is -1.00 e. The molecule has 0 aliphatic rings. The summed E-state index contributed by atoms with van der Waals surface area (Å²) in [6.07, 6.45) is 0. The summed E-state index contributed by atoms with van der Waals surface area (Å²) in [6.45, 7) is 7.59. The lowest BCUT2D eigenvalue weighted by Gasteiger charge is -2.07. The van der Waals surface area contributed by atoms with Crippen LogP contribution in [-0.2, 0) is 24.4 Å². The Hall–Kier alpha value is -0.380. The van der Waals surface area contributed by atoms with Crippen molar-refractivity contribution in [1.82, 2.24) is 4.57 Å². The molecule has 0 aliphatic heterocycles. The van der Waals surface area contributed by atoms with Crippen LogP contribution in [-0.4, -0.2) is 24.9 Å². The van der Waals surface area contributed by atoms with Crippen molar-refractivity contribution in [3.8, 4) is 5.75 Å². The molecular formula is C15H23BrIN3O2. The molecule has 7 heteroatoms. The molecule has 1 aromatic heterocycles. The van der Waals surface area contributed by atoms with Crippen molar-refractivity contribution in [3.05, 3.63) is 22.4 Å². The molecule has 0 aliphatic carbocycles. The zero-order valence-electron chi connectivity index (χ0n) is 13.2. The first-order valence-corrected chi connectivity index (χ1v) is 8.03. The largest absolute Gasteiger partial charge is 1.00 e. The van der Waals surface area contributed by atoms with Crippen LogP contribution in [0.2, 0.25) is 0 Å². The molecule has 2 aromatic rings. The second kappa shape index (κ2) is 9.05. The summed E-state index contributed by atoms with van der Waals surface area (Å²) < 4.78 is 16.4. The van der Waals surface area contributed by atoms with E-state index in [4.69, 9.17) is 15.2 Å². The normalized spacial score (nSPS) is 10.8. The van der Waals surface area contributed by atoms with Crippen molar-refractivity contribution in [3.63, 3.8) is 0 Å². The molecule has 0 spiro atoms. The number of hydrogen-bond donors (Lipinski definition) is 1. The summed E-state index contributed by atoms with van der Waals surface area (Å²) in [4.78, 5) is 0. The number of halogens is 2. The smallest absolute Gasteiger partial charge is 0.271 e. The van der Waals surface area contributed by atoms with E-state index in [0.717, 1.165) is 40.2 Å². The van der Waals surface area contributed by atoms with Gasteiger partial charge in [-0.05, 0) is 19.9 Å². The van der Waals surface area contributed by atoms with Gasteiger partial charge in [0.05, 0.1) is 26.2 Å². The van der Waals surface area contributed by atoms with E-state index < -0.39 is 0 Å². The average Bonchev–Trinajstić information content (AvgIpc) is 2.79. The number of aromatic nitrogens is 2. The van der Waals surface area contributed by atoms with E-state index in [2.05, 4.69) is 45.0 Å². The van der Waals surface area contributed by atoms with Crippen molar-refractivity contribution in [2.75, 3.05) is 20.3 Å². The summed E-state index contributed by atoms with van der Waals surface area (Å²) in [5.74, 6) is 1.98. The molecule has 0 saturated heterocycles. The standard InChI is InChI=1S/C15H23BrN3O2.HI/c1-4-18-12-8-11(16)9-13(21-7-6-20-3)15(12)19(5-2)14(18)10-17;/h8-9H,4-7,10,17H2,1-3H3;1H/q+1;/p-1. The van der Waals surface area contributed by atoms with Crippen LogP contribution in [0.25, 0.3) is 11.0 Å². The van der Waals surface area contributed by atoms with Gasteiger partial charge in [0.15, 0.2) is 11.3 Å². The van der Waals surface area contributed by atoms with Crippen molar-refractivity contribution in [1.29, 1.82) is 0 Å². The van der Waals surface area contributed by atoms with E-state index in [9.17, 15) is 0 Å². The van der Waals surface area contributed by atoms with Gasteiger partial charge < -0.3 is 39.2 Å². The molecule has 0 amide bonds. The molecule has 0 saturated carbocycles. The topological polar surface area (TPSA) is 53.3 Å². The van der Waals surface area contributed by atoms with Crippen molar-refractivity contribution in [2.45, 2.75) is 33.5 Å². The van der Waals surface area contributed by atoms with Crippen molar-refractivity contribution < 1.29 is 38.0 Å². The highest BCUT2D eigenvalue weighted by Gasteiger charge is 2.25. The minimum atomic E-state index is 0. The van der Waals surface area contributed by atoms with Crippen molar-refractivity contribution >= 4 is 27.0 Å². The molecular weight excluding hydrogens is 461 g/mol. The fourth-order valence-electron chi connectivity index (χ4n) is 2.71. The number of nitrogens with zero attached hydrogens (tertiary/aromatic N) is 2. The number of ether oxygens (including phenoxy) is 2. The molecule has 0 unspecified atom stereocenters. The highest BCUT2D eigenvalue weighted by molar-refractivity contribution is 9.10. The second-order valence-electron chi connectivity index (χ2n) is 4.72. The van der Waals surface area contributed by atoms with Gasteiger partial charge in [0.1, 0.15) is 6.61 Å². The maximum absolute atomic E-state index is 5.96. The van der Waals surface area contributed by atoms with Gasteiger partial charge in [-0.25, -0.2) is 9.13 Å². The molecule has 1 aromatic carbocycles. The predicted octanol–water partition coefficient (Wildman–Crippen LogP) is -0.781. The lowest BCUT2D eigenvalue weighted by atomic mass is 10.3. The van der Waals surface area contributed by atoms with Gasteiger partial charge >= 0.3 is 0 Å². The Morgan fingerprint density at radius 2 is 2.00 bits per heavy atom. The van der Waals surface area contributed by atoms with E-state index in [-0.39, 0.29) is 24.0 Å². The van der Waals surface area contributed by atoms with Crippen LogP contribution in [0.3, 0.4) is 0 Å². The zero-order valence-corrected chi connectivity index (χ0v) is 17.0. The monoisotopic (exact) mass is 483 g/mol. The molecule has 2 N–H and O–H groups in total. The lowest BCUT2D eigenvalue weighted by Crippen LogP contribution is -3.00. The molecule has 1 heterocycles. The molecule has 5 nitrogen and oxygen atoms in total. The molecule has 2 rings (SSSR count). The Kier molecular flexibility index (Phi) is 8.09. The third-order valence-corrected chi connectivity index (χ3v) is 4.02. The third-order valence-electron chi connectivity index (χ3n) is 3.56. The SMILES string of the molecule is CCn1c(CN)[n+](CC)c2c(OCCOC)cc(Br)cc21.[I-]. The number of methoxy groups -OCH3 is 1. The fraction of sp³-hybridized carbons (Fsp3) is 0.533. The Balaban J connectivity index is 0.00000242. The Morgan fingerprint density at radius 1 is 1.27 bits per heavy atom. The summed E-state index contributed by atoms with van der Waals surface area (Å²) in [5.41, 5.74) is 8.20. The van der Waals surface area contributed by atoms with Crippen LogP contribution in [0.1, 0.15) is 19.7 Å². The molecule has 0 atom stereocenters.